The molecule has 0 spiro atoms. The molecule has 0 unspecified atom stereocenters. The largest absolute Gasteiger partial charge is 0.507 e. The van der Waals surface area contributed by atoms with Crippen LogP contribution in [0.3, 0.4) is 0 Å². The van der Waals surface area contributed by atoms with Gasteiger partial charge in [-0.25, -0.2) is 0 Å². The summed E-state index contributed by atoms with van der Waals surface area (Å²) in [6, 6.07) is 11.4. The lowest BCUT2D eigenvalue weighted by Crippen LogP contribution is -2.33. The SMILES string of the molecule is CCN(CC)CCCN1C(=O)C(=O)C(=C(O)c2ccccc2)[C@H]1c1cc(OC)c(OC)c(OC)c1. The van der Waals surface area contributed by atoms with Gasteiger partial charge < -0.3 is 29.1 Å². The number of methoxy groups -OCH3 is 3. The maximum atomic E-state index is 13.2. The van der Waals surface area contributed by atoms with Gasteiger partial charge in [-0.05, 0) is 43.8 Å². The molecule has 0 saturated carbocycles. The molecular weight excluding hydrogens is 448 g/mol. The second-order valence-electron chi connectivity index (χ2n) is 8.20. The molecule has 1 saturated heterocycles. The number of carbonyl (C=O) groups excluding carboxylic acids is 2. The Bertz CT molecular complexity index is 1050. The van der Waals surface area contributed by atoms with Gasteiger partial charge in [0.2, 0.25) is 5.75 Å². The lowest BCUT2D eigenvalue weighted by atomic mass is 9.94. The fraction of sp³-hybridized carbons (Fsp3) is 0.407. The average molecular weight is 483 g/mol. The maximum Gasteiger partial charge on any atom is 0.295 e. The number of amides is 1. The molecule has 2 aromatic rings. The van der Waals surface area contributed by atoms with E-state index in [1.54, 1.807) is 36.4 Å². The van der Waals surface area contributed by atoms with E-state index in [1.807, 2.05) is 6.07 Å². The van der Waals surface area contributed by atoms with Crippen LogP contribution in [0.2, 0.25) is 0 Å². The lowest BCUT2D eigenvalue weighted by Gasteiger charge is -2.27. The highest BCUT2D eigenvalue weighted by Crippen LogP contribution is 2.45. The molecule has 0 aromatic heterocycles. The predicted octanol–water partition coefficient (Wildman–Crippen LogP) is 3.87. The molecule has 0 radical (unpaired) electrons. The summed E-state index contributed by atoms with van der Waals surface area (Å²) in [7, 11) is 4.52. The van der Waals surface area contributed by atoms with Crippen molar-refractivity contribution in [3.05, 3.63) is 59.2 Å². The van der Waals surface area contributed by atoms with E-state index in [2.05, 4.69) is 18.7 Å². The smallest absolute Gasteiger partial charge is 0.295 e. The van der Waals surface area contributed by atoms with E-state index in [0.29, 0.717) is 41.3 Å². The maximum absolute atomic E-state index is 13.2. The van der Waals surface area contributed by atoms with Crippen LogP contribution in [0.1, 0.15) is 37.4 Å². The number of carbonyl (C=O) groups is 2. The van der Waals surface area contributed by atoms with E-state index in [0.717, 1.165) is 19.6 Å². The third-order valence-electron chi connectivity index (χ3n) is 6.36. The van der Waals surface area contributed by atoms with Gasteiger partial charge in [-0.1, -0.05) is 44.2 Å². The molecular formula is C27H34N2O6. The summed E-state index contributed by atoms with van der Waals surface area (Å²) in [5.74, 6) is -0.367. The fourth-order valence-electron chi connectivity index (χ4n) is 4.47. The van der Waals surface area contributed by atoms with Crippen molar-refractivity contribution < 1.29 is 28.9 Å². The Kier molecular flexibility index (Phi) is 8.76. The summed E-state index contributed by atoms with van der Waals surface area (Å²) in [5.41, 5.74) is 1.09. The number of Topliss-reactive ketones (excluding diaryl/α,β-unsaturated/α-hetero) is 1. The quantitative estimate of drug-likeness (QED) is 0.296. The van der Waals surface area contributed by atoms with E-state index >= 15 is 0 Å². The summed E-state index contributed by atoms with van der Waals surface area (Å²) in [6.45, 7) is 7.13. The van der Waals surface area contributed by atoms with Gasteiger partial charge in [0.15, 0.2) is 11.5 Å². The van der Waals surface area contributed by atoms with Crippen LogP contribution in [0.25, 0.3) is 5.76 Å². The first-order valence-corrected chi connectivity index (χ1v) is 11.8. The first-order valence-electron chi connectivity index (χ1n) is 11.8. The number of hydrogen-bond acceptors (Lipinski definition) is 7. The zero-order valence-corrected chi connectivity index (χ0v) is 21.0. The summed E-state index contributed by atoms with van der Waals surface area (Å²) >= 11 is 0. The minimum atomic E-state index is -0.805. The zero-order chi connectivity index (χ0) is 25.5. The molecule has 1 fully saturated rings. The van der Waals surface area contributed by atoms with Gasteiger partial charge >= 0.3 is 0 Å². The number of likely N-dealkylation sites (tertiary alicyclic amines) is 1. The number of aliphatic hydroxyl groups excluding tert-OH is 1. The second kappa shape index (κ2) is 11.8. The Labute approximate surface area is 206 Å². The van der Waals surface area contributed by atoms with E-state index in [4.69, 9.17) is 14.2 Å². The van der Waals surface area contributed by atoms with Crippen molar-refractivity contribution in [2.24, 2.45) is 0 Å². The minimum Gasteiger partial charge on any atom is -0.507 e. The minimum absolute atomic E-state index is 0.0401. The van der Waals surface area contributed by atoms with E-state index in [1.165, 1.54) is 26.2 Å². The van der Waals surface area contributed by atoms with Gasteiger partial charge in [-0.3, -0.25) is 9.59 Å². The standard InChI is InChI=1S/C27H34N2O6/c1-6-28(7-2)14-11-15-29-23(19-16-20(33-3)26(35-5)21(17-19)34-4)22(25(31)27(29)32)24(30)18-12-9-8-10-13-18/h8-10,12-13,16-17,23,30H,6-7,11,14-15H2,1-5H3/t23-/m1/s1. The molecule has 3 rings (SSSR count). The van der Waals surface area contributed by atoms with Crippen LogP contribution < -0.4 is 14.2 Å². The van der Waals surface area contributed by atoms with Crippen molar-refractivity contribution in [1.29, 1.82) is 0 Å². The molecule has 1 heterocycles. The van der Waals surface area contributed by atoms with Crippen molar-refractivity contribution in [1.82, 2.24) is 9.80 Å². The Hall–Kier alpha value is -3.52. The molecule has 188 valence electrons. The molecule has 1 N–H and O–H groups in total. The summed E-state index contributed by atoms with van der Waals surface area (Å²) in [4.78, 5) is 30.2. The van der Waals surface area contributed by atoms with Crippen LogP contribution in [0.4, 0.5) is 0 Å². The van der Waals surface area contributed by atoms with Crippen LogP contribution in [-0.2, 0) is 9.59 Å². The molecule has 0 aliphatic carbocycles. The summed E-state index contributed by atoms with van der Waals surface area (Å²) in [5, 5.41) is 11.2. The number of hydrogen-bond donors (Lipinski definition) is 1. The Morgan fingerprint density at radius 3 is 2.09 bits per heavy atom. The summed E-state index contributed by atoms with van der Waals surface area (Å²) < 4.78 is 16.5. The third-order valence-corrected chi connectivity index (χ3v) is 6.36. The van der Waals surface area contributed by atoms with Crippen LogP contribution >= 0.6 is 0 Å². The predicted molar refractivity (Wildman–Crippen MR) is 134 cm³/mol. The van der Waals surface area contributed by atoms with Crippen molar-refractivity contribution in [3.63, 3.8) is 0 Å². The number of ether oxygens (including phenoxy) is 3. The Balaban J connectivity index is 2.15. The van der Waals surface area contributed by atoms with Crippen LogP contribution in [0.5, 0.6) is 17.2 Å². The number of aliphatic hydroxyl groups is 1. The van der Waals surface area contributed by atoms with Gasteiger partial charge in [0.1, 0.15) is 5.76 Å². The highest BCUT2D eigenvalue weighted by Gasteiger charge is 2.46. The molecule has 1 atom stereocenters. The number of nitrogens with zero attached hydrogens (tertiary/aromatic N) is 2. The summed E-state index contributed by atoms with van der Waals surface area (Å²) in [6.07, 6.45) is 0.682. The molecule has 1 aliphatic rings. The molecule has 35 heavy (non-hydrogen) atoms. The van der Waals surface area contributed by atoms with Gasteiger partial charge in [0.25, 0.3) is 11.7 Å². The molecule has 1 amide bonds. The van der Waals surface area contributed by atoms with E-state index in [9.17, 15) is 14.7 Å². The van der Waals surface area contributed by atoms with Crippen molar-refractivity contribution >= 4 is 17.4 Å². The Morgan fingerprint density at radius 2 is 1.57 bits per heavy atom. The van der Waals surface area contributed by atoms with Crippen molar-refractivity contribution in [2.45, 2.75) is 26.3 Å². The topological polar surface area (TPSA) is 88.5 Å². The van der Waals surface area contributed by atoms with Crippen molar-refractivity contribution in [2.75, 3.05) is 47.5 Å². The van der Waals surface area contributed by atoms with Gasteiger partial charge in [0, 0.05) is 12.1 Å². The molecule has 2 aromatic carbocycles. The highest BCUT2D eigenvalue weighted by molar-refractivity contribution is 6.46. The average Bonchev–Trinajstić information content (AvgIpc) is 3.15. The molecule has 8 nitrogen and oxygen atoms in total. The molecule has 0 bridgehead atoms. The van der Waals surface area contributed by atoms with Crippen LogP contribution in [-0.4, -0.2) is 74.1 Å². The number of rotatable bonds is 11. The fourth-order valence-corrected chi connectivity index (χ4v) is 4.47. The van der Waals surface area contributed by atoms with E-state index < -0.39 is 17.7 Å². The van der Waals surface area contributed by atoms with E-state index in [-0.39, 0.29) is 11.3 Å². The van der Waals surface area contributed by atoms with Crippen molar-refractivity contribution in [3.8, 4) is 17.2 Å². The molecule has 8 heteroatoms. The highest BCUT2D eigenvalue weighted by atomic mass is 16.5. The molecule has 1 aliphatic heterocycles. The van der Waals surface area contributed by atoms with Gasteiger partial charge in [-0.2, -0.15) is 0 Å². The van der Waals surface area contributed by atoms with Gasteiger partial charge in [0.05, 0.1) is 32.9 Å². The second-order valence-corrected chi connectivity index (χ2v) is 8.20. The first-order chi connectivity index (χ1) is 16.9. The monoisotopic (exact) mass is 482 g/mol. The van der Waals surface area contributed by atoms with Crippen LogP contribution in [0.15, 0.2) is 48.0 Å². The number of ketones is 1. The Morgan fingerprint density at radius 1 is 0.971 bits per heavy atom. The first kappa shape index (κ1) is 26.1. The third kappa shape index (κ3) is 5.27. The van der Waals surface area contributed by atoms with Crippen LogP contribution in [0, 0.1) is 0 Å². The normalized spacial score (nSPS) is 17.2. The van der Waals surface area contributed by atoms with Gasteiger partial charge in [-0.15, -0.1) is 0 Å². The lowest BCUT2D eigenvalue weighted by molar-refractivity contribution is -0.140. The zero-order valence-electron chi connectivity index (χ0n) is 21.0. The number of benzene rings is 2.